The van der Waals surface area contributed by atoms with Crippen molar-refractivity contribution < 1.29 is 0 Å². The summed E-state index contributed by atoms with van der Waals surface area (Å²) in [4.78, 5) is 2.13. The lowest BCUT2D eigenvalue weighted by molar-refractivity contribution is 0.369. The maximum absolute atomic E-state index is 5.04. The van der Waals surface area contributed by atoms with Crippen molar-refractivity contribution in [3.05, 3.63) is 0 Å². The highest BCUT2D eigenvalue weighted by Gasteiger charge is 2.03. The smallest absolute Gasteiger partial charge is 0.166 e. The number of hydrogen-bond donors (Lipinski definition) is 2. The van der Waals surface area contributed by atoms with Gasteiger partial charge in [-0.05, 0) is 40.2 Å². The quantitative estimate of drug-likeness (QED) is 0.627. The molecule has 4 heteroatoms. The van der Waals surface area contributed by atoms with Crippen LogP contribution in [0.15, 0.2) is 0 Å². The van der Waals surface area contributed by atoms with Gasteiger partial charge in [0, 0.05) is 19.1 Å². The Morgan fingerprint density at radius 1 is 1.50 bits per heavy atom. The predicted molar refractivity (Wildman–Crippen MR) is 57.4 cm³/mol. The summed E-state index contributed by atoms with van der Waals surface area (Å²) in [7, 11) is 4.10. The first kappa shape index (κ1) is 11.6. The van der Waals surface area contributed by atoms with Crippen molar-refractivity contribution in [3.63, 3.8) is 0 Å². The lowest BCUT2D eigenvalue weighted by atomic mass is 10.3. The summed E-state index contributed by atoms with van der Waals surface area (Å²) in [6, 6.07) is 0.395. The van der Waals surface area contributed by atoms with Crippen LogP contribution in [0.4, 0.5) is 0 Å². The SMILES string of the molecule is CCNC(=S)NC(C)CN(C)C. The van der Waals surface area contributed by atoms with E-state index in [0.717, 1.165) is 18.2 Å². The predicted octanol–water partition coefficient (Wildman–Crippen LogP) is 0.421. The van der Waals surface area contributed by atoms with E-state index in [1.165, 1.54) is 0 Å². The van der Waals surface area contributed by atoms with Crippen LogP contribution in [0, 0.1) is 0 Å². The maximum atomic E-state index is 5.04. The van der Waals surface area contributed by atoms with Gasteiger partial charge >= 0.3 is 0 Å². The topological polar surface area (TPSA) is 27.3 Å². The number of hydrogen-bond acceptors (Lipinski definition) is 2. The molecule has 0 saturated heterocycles. The van der Waals surface area contributed by atoms with Crippen LogP contribution in [0.25, 0.3) is 0 Å². The number of nitrogens with zero attached hydrogens (tertiary/aromatic N) is 1. The van der Waals surface area contributed by atoms with E-state index in [2.05, 4.69) is 36.6 Å². The van der Waals surface area contributed by atoms with E-state index in [0.29, 0.717) is 6.04 Å². The van der Waals surface area contributed by atoms with Crippen LogP contribution in [0.2, 0.25) is 0 Å². The Bertz CT molecular complexity index is 136. The van der Waals surface area contributed by atoms with Gasteiger partial charge in [-0.3, -0.25) is 0 Å². The molecule has 0 aliphatic rings. The van der Waals surface area contributed by atoms with E-state index in [4.69, 9.17) is 12.2 Å². The molecule has 0 rings (SSSR count). The molecule has 0 aromatic carbocycles. The molecule has 72 valence electrons. The number of thiocarbonyl (C=S) groups is 1. The Morgan fingerprint density at radius 3 is 2.50 bits per heavy atom. The van der Waals surface area contributed by atoms with Crippen molar-refractivity contribution in [1.82, 2.24) is 15.5 Å². The molecule has 0 spiro atoms. The molecule has 2 N–H and O–H groups in total. The van der Waals surface area contributed by atoms with Crippen molar-refractivity contribution in [3.8, 4) is 0 Å². The lowest BCUT2D eigenvalue weighted by Gasteiger charge is -2.19. The monoisotopic (exact) mass is 189 g/mol. The van der Waals surface area contributed by atoms with Gasteiger partial charge in [-0.1, -0.05) is 0 Å². The van der Waals surface area contributed by atoms with Crippen molar-refractivity contribution in [1.29, 1.82) is 0 Å². The highest BCUT2D eigenvalue weighted by molar-refractivity contribution is 7.80. The van der Waals surface area contributed by atoms with Crippen LogP contribution < -0.4 is 10.6 Å². The fourth-order valence-corrected chi connectivity index (χ4v) is 1.37. The molecule has 0 aromatic rings. The van der Waals surface area contributed by atoms with Crippen LogP contribution in [0.3, 0.4) is 0 Å². The second-order valence-corrected chi connectivity index (χ2v) is 3.58. The second-order valence-electron chi connectivity index (χ2n) is 3.17. The van der Waals surface area contributed by atoms with Crippen molar-refractivity contribution >= 4 is 17.3 Å². The first-order valence-electron chi connectivity index (χ1n) is 4.25. The average molecular weight is 189 g/mol. The van der Waals surface area contributed by atoms with E-state index >= 15 is 0 Å². The molecular weight excluding hydrogens is 170 g/mol. The van der Waals surface area contributed by atoms with E-state index in [9.17, 15) is 0 Å². The zero-order chi connectivity index (χ0) is 9.56. The Morgan fingerprint density at radius 2 is 2.08 bits per heavy atom. The molecule has 0 heterocycles. The van der Waals surface area contributed by atoms with Crippen LogP contribution in [-0.4, -0.2) is 43.2 Å². The molecule has 0 amide bonds. The Hall–Kier alpha value is -0.350. The van der Waals surface area contributed by atoms with E-state index in [-0.39, 0.29) is 0 Å². The Labute approximate surface area is 80.5 Å². The second kappa shape index (κ2) is 6.20. The third-order valence-electron chi connectivity index (χ3n) is 1.35. The van der Waals surface area contributed by atoms with Crippen LogP contribution >= 0.6 is 12.2 Å². The number of likely N-dealkylation sites (N-methyl/N-ethyl adjacent to an activating group) is 1. The molecular formula is C8H19N3S. The normalized spacial score (nSPS) is 12.8. The number of nitrogens with one attached hydrogen (secondary N) is 2. The first-order valence-corrected chi connectivity index (χ1v) is 4.66. The molecule has 3 nitrogen and oxygen atoms in total. The summed E-state index contributed by atoms with van der Waals surface area (Å²) in [5, 5.41) is 6.98. The van der Waals surface area contributed by atoms with Crippen molar-refractivity contribution in [2.75, 3.05) is 27.2 Å². The molecule has 0 radical (unpaired) electrons. The Kier molecular flexibility index (Phi) is 6.02. The summed E-state index contributed by atoms with van der Waals surface area (Å²) in [5.74, 6) is 0. The Balaban J connectivity index is 3.54. The third kappa shape index (κ3) is 6.37. The van der Waals surface area contributed by atoms with Gasteiger partial charge in [-0.2, -0.15) is 0 Å². The zero-order valence-corrected chi connectivity index (χ0v) is 9.16. The lowest BCUT2D eigenvalue weighted by Crippen LogP contribution is -2.44. The van der Waals surface area contributed by atoms with Crippen LogP contribution in [-0.2, 0) is 0 Å². The fourth-order valence-electron chi connectivity index (χ4n) is 1.03. The molecule has 0 aliphatic heterocycles. The summed E-state index contributed by atoms with van der Waals surface area (Å²) in [6.45, 7) is 6.01. The average Bonchev–Trinajstić information content (AvgIpc) is 1.84. The first-order chi connectivity index (χ1) is 5.56. The van der Waals surface area contributed by atoms with Crippen LogP contribution in [0.5, 0.6) is 0 Å². The molecule has 1 atom stereocenters. The van der Waals surface area contributed by atoms with E-state index < -0.39 is 0 Å². The summed E-state index contributed by atoms with van der Waals surface area (Å²) >= 11 is 5.04. The summed E-state index contributed by atoms with van der Waals surface area (Å²) in [6.07, 6.45) is 0. The summed E-state index contributed by atoms with van der Waals surface area (Å²) < 4.78 is 0. The molecule has 12 heavy (non-hydrogen) atoms. The van der Waals surface area contributed by atoms with Crippen LogP contribution in [0.1, 0.15) is 13.8 Å². The molecule has 0 bridgehead atoms. The van der Waals surface area contributed by atoms with Gasteiger partial charge in [0.15, 0.2) is 5.11 Å². The van der Waals surface area contributed by atoms with Gasteiger partial charge in [0.05, 0.1) is 0 Å². The van der Waals surface area contributed by atoms with Gasteiger partial charge in [0.1, 0.15) is 0 Å². The van der Waals surface area contributed by atoms with Crippen molar-refractivity contribution in [2.24, 2.45) is 0 Å². The standard InChI is InChI=1S/C8H19N3S/c1-5-9-8(12)10-7(2)6-11(3)4/h7H,5-6H2,1-4H3,(H2,9,10,12). The molecule has 0 saturated carbocycles. The van der Waals surface area contributed by atoms with Gasteiger partial charge in [0.25, 0.3) is 0 Å². The number of rotatable bonds is 4. The largest absolute Gasteiger partial charge is 0.363 e. The highest BCUT2D eigenvalue weighted by Crippen LogP contribution is 1.84. The fraction of sp³-hybridized carbons (Fsp3) is 0.875. The minimum atomic E-state index is 0.395. The molecule has 1 unspecified atom stereocenters. The van der Waals surface area contributed by atoms with Gasteiger partial charge < -0.3 is 15.5 Å². The van der Waals surface area contributed by atoms with E-state index in [1.807, 2.05) is 6.92 Å². The third-order valence-corrected chi connectivity index (χ3v) is 1.62. The minimum absolute atomic E-state index is 0.395. The van der Waals surface area contributed by atoms with Gasteiger partial charge in [0.2, 0.25) is 0 Å². The minimum Gasteiger partial charge on any atom is -0.363 e. The molecule has 0 fully saturated rings. The highest BCUT2D eigenvalue weighted by atomic mass is 32.1. The maximum Gasteiger partial charge on any atom is 0.166 e. The van der Waals surface area contributed by atoms with Gasteiger partial charge in [-0.15, -0.1) is 0 Å². The van der Waals surface area contributed by atoms with Gasteiger partial charge in [-0.25, -0.2) is 0 Å². The van der Waals surface area contributed by atoms with Crippen molar-refractivity contribution in [2.45, 2.75) is 19.9 Å². The van der Waals surface area contributed by atoms with E-state index in [1.54, 1.807) is 0 Å². The zero-order valence-electron chi connectivity index (χ0n) is 8.35. The molecule has 0 aliphatic carbocycles. The summed E-state index contributed by atoms with van der Waals surface area (Å²) in [5.41, 5.74) is 0. The molecule has 0 aromatic heterocycles.